The number of rotatable bonds is 20. The molecule has 35 heteroatoms. The van der Waals surface area contributed by atoms with E-state index in [0.717, 1.165) is 16.9 Å². The monoisotopic (exact) mass is 1900 g/mol. The molecule has 4 aromatic carbocycles. The second-order valence-electron chi connectivity index (χ2n) is 23.4. The maximum Gasteiger partial charge on any atom is 0.343 e. The molecule has 10 N–H and O–H groups in total. The quantitative estimate of drug-likeness (QED) is 0.0113. The lowest BCUT2D eigenvalue weighted by Crippen LogP contribution is -2.25. The van der Waals surface area contributed by atoms with Crippen LogP contribution >= 0.6 is 90.4 Å². The number of benzene rings is 4. The molecule has 0 fully saturated rings. The van der Waals surface area contributed by atoms with Crippen molar-refractivity contribution >= 4 is 204 Å². The lowest BCUT2D eigenvalue weighted by Gasteiger charge is -2.20. The van der Waals surface area contributed by atoms with Gasteiger partial charge in [-0.1, -0.05) is 0 Å². The molecule has 0 saturated carbocycles. The van der Waals surface area contributed by atoms with E-state index >= 15 is 0 Å². The first-order valence-corrected chi connectivity index (χ1v) is 35.4. The van der Waals surface area contributed by atoms with E-state index in [1.54, 1.807) is 142 Å². The molecule has 0 aliphatic rings. The number of amides is 3. The average Bonchev–Trinajstić information content (AvgIpc) is 1.63. The number of ether oxygens (including phenoxy) is 3. The van der Waals surface area contributed by atoms with Crippen molar-refractivity contribution < 1.29 is 75.2 Å². The number of carbonyl (C=O) groups is 4. The number of aromatic nitrogens is 8. The molecule has 0 spiro atoms. The van der Waals surface area contributed by atoms with Gasteiger partial charge < -0.3 is 69.7 Å². The molecular formula is C70H66F5I4N15O11. The Labute approximate surface area is 650 Å². The summed E-state index contributed by atoms with van der Waals surface area (Å²) in [6.07, 6.45) is 5.75. The summed E-state index contributed by atoms with van der Waals surface area (Å²) in [6, 6.07) is 27.0. The van der Waals surface area contributed by atoms with Crippen LogP contribution in [0.1, 0.15) is 62.2 Å². The van der Waals surface area contributed by atoms with Crippen molar-refractivity contribution in [2.75, 3.05) is 61.9 Å². The number of nitrogens with one attached hydrogen (secondary N) is 6. The van der Waals surface area contributed by atoms with Gasteiger partial charge in [0.25, 0.3) is 17.7 Å². The maximum atomic E-state index is 14.4. The summed E-state index contributed by atoms with van der Waals surface area (Å²) < 4.78 is 96.4. The lowest BCUT2D eigenvalue weighted by molar-refractivity contribution is 0.00718. The standard InChI is InChI=1S/C20H21FIN3O3.C18H18FIN4O4.C17H15F2IN4O3.C15H12FIN4O/c1-20(2,3)28-19(26)16-13-9-12(27-5)10-23-17(13)25(4)18(16)24-15-7-6-11(22)8-14(15)21;1-24-16-12(8-11(27-2)9-21-16)15(18(26)23-28-6-5-25)17(24)22-14-4-3-10(20)7-13(14)19;1-24-15-11(6-9(18)8-21-15)14(17(26)23-27-5-4-25)16(24)22-13-3-2-10(20)7-12(13)19;1-21-14-9(3-2-6-19-14)12(13(18)22)15(21)20-11-5-4-8(17)7-10(11)16/h6-10,24H,1-5H3;3-4,7-9,22,25H,5-6H2,1-2H3,(H,23,26);2-3,6-8,22,25H,4-5H2,1H3,(H,23,26);2-7,20H,1H3,(H2,18,22). The number of nitrogens with two attached hydrogens (primary N) is 1. The Morgan fingerprint density at radius 1 is 0.476 bits per heavy atom. The first-order chi connectivity index (χ1) is 50.0. The molecule has 3 amide bonds. The van der Waals surface area contributed by atoms with Gasteiger partial charge >= 0.3 is 5.97 Å². The Bertz CT molecular complexity index is 5270. The molecule has 12 rings (SSSR count). The number of nitrogens with zero attached hydrogens (tertiary/aromatic N) is 8. The Kier molecular flexibility index (Phi) is 26.8. The molecule has 26 nitrogen and oxygen atoms in total. The Hall–Kier alpha value is -9.27. The number of carbonyl (C=O) groups excluding carboxylic acids is 4. The fraction of sp³-hybridized carbons (Fsp3) is 0.200. The minimum atomic E-state index is -0.685. The zero-order chi connectivity index (χ0) is 76.3. The van der Waals surface area contributed by atoms with Crippen molar-refractivity contribution in [3.63, 3.8) is 0 Å². The number of hydroxylamine groups is 2. The molecular weight excluding hydrogens is 1830 g/mol. The average molecular weight is 1900 g/mol. The number of hydrogen-bond donors (Lipinski definition) is 9. The van der Waals surface area contributed by atoms with E-state index in [2.05, 4.69) is 52.2 Å². The van der Waals surface area contributed by atoms with Crippen LogP contribution in [0.4, 0.5) is 68.0 Å². The van der Waals surface area contributed by atoms with Gasteiger partial charge in [0.2, 0.25) is 0 Å². The molecule has 0 radical (unpaired) electrons. The summed E-state index contributed by atoms with van der Waals surface area (Å²) in [6.45, 7) is 4.67. The molecule has 8 heterocycles. The summed E-state index contributed by atoms with van der Waals surface area (Å²) in [4.78, 5) is 76.9. The van der Waals surface area contributed by atoms with Crippen LogP contribution in [0.3, 0.4) is 0 Å². The van der Waals surface area contributed by atoms with Crippen molar-refractivity contribution in [1.29, 1.82) is 0 Å². The Morgan fingerprint density at radius 2 is 0.819 bits per heavy atom. The van der Waals surface area contributed by atoms with E-state index in [0.29, 0.717) is 76.8 Å². The number of fused-ring (bicyclic) bond motifs is 4. The lowest BCUT2D eigenvalue weighted by atomic mass is 10.1. The molecule has 0 unspecified atom stereocenters. The molecule has 0 aliphatic heterocycles. The van der Waals surface area contributed by atoms with Gasteiger partial charge in [-0.15, -0.1) is 0 Å². The normalized spacial score (nSPS) is 11.1. The summed E-state index contributed by atoms with van der Waals surface area (Å²) >= 11 is 8.07. The molecule has 550 valence electrons. The van der Waals surface area contributed by atoms with Crippen molar-refractivity contribution in [3.8, 4) is 11.5 Å². The number of halogens is 9. The first kappa shape index (κ1) is 79.8. The second kappa shape index (κ2) is 35.2. The molecule has 105 heavy (non-hydrogen) atoms. The van der Waals surface area contributed by atoms with Crippen molar-refractivity contribution in [2.45, 2.75) is 26.4 Å². The van der Waals surface area contributed by atoms with Gasteiger partial charge in [-0.25, -0.2) is 57.6 Å². The minimum Gasteiger partial charge on any atom is -0.495 e. The summed E-state index contributed by atoms with van der Waals surface area (Å²) in [5.41, 5.74) is 12.9. The van der Waals surface area contributed by atoms with E-state index in [-0.39, 0.29) is 77.1 Å². The SMILES string of the molecule is COc1cnc2c(c1)c(C(=O)NOCCO)c(Nc1ccc(I)cc1F)n2C.COc1cnc2c(c1)c(C(=O)OC(C)(C)C)c(Nc1ccc(I)cc1F)n2C.Cn1c(Nc2ccc(I)cc2F)c(C(=O)NOCCO)c2cc(F)cnc21.Cn1c(Nc2ccc(I)cc2F)c(C(N)=O)c2cccnc21. The van der Waals surface area contributed by atoms with E-state index in [1.165, 1.54) is 61.4 Å². The van der Waals surface area contributed by atoms with Crippen molar-refractivity contribution in [2.24, 2.45) is 33.9 Å². The van der Waals surface area contributed by atoms with Gasteiger partial charge in [-0.3, -0.25) is 24.1 Å². The third-order valence-electron chi connectivity index (χ3n) is 15.2. The van der Waals surface area contributed by atoms with E-state index in [9.17, 15) is 41.1 Å². The summed E-state index contributed by atoms with van der Waals surface area (Å²) in [7, 11) is 9.85. The predicted molar refractivity (Wildman–Crippen MR) is 420 cm³/mol. The van der Waals surface area contributed by atoms with E-state index in [1.807, 2.05) is 90.4 Å². The number of methoxy groups -OCH3 is 2. The van der Waals surface area contributed by atoms with Crippen molar-refractivity contribution in [1.82, 2.24) is 49.2 Å². The highest BCUT2D eigenvalue weighted by Gasteiger charge is 2.30. The minimum absolute atomic E-state index is 0.0374. The van der Waals surface area contributed by atoms with Crippen LogP contribution in [0.15, 0.2) is 128 Å². The fourth-order valence-electron chi connectivity index (χ4n) is 10.5. The Morgan fingerprint density at radius 3 is 1.17 bits per heavy atom. The topological polar surface area (TPSA) is 324 Å². The number of primary amides is 1. The largest absolute Gasteiger partial charge is 0.495 e. The second-order valence-corrected chi connectivity index (χ2v) is 28.4. The van der Waals surface area contributed by atoms with Crippen molar-refractivity contribution in [3.05, 3.63) is 194 Å². The Balaban J connectivity index is 0.000000163. The highest BCUT2D eigenvalue weighted by atomic mass is 127. The van der Waals surface area contributed by atoms with Gasteiger partial charge in [-0.2, -0.15) is 0 Å². The van der Waals surface area contributed by atoms with Gasteiger partial charge in [0.05, 0.1) is 98.7 Å². The van der Waals surface area contributed by atoms with Gasteiger partial charge in [0.15, 0.2) is 0 Å². The zero-order valence-corrected chi connectivity index (χ0v) is 65.7. The highest BCUT2D eigenvalue weighted by Crippen LogP contribution is 2.38. The number of aliphatic hydroxyl groups is 2. The fourth-order valence-corrected chi connectivity index (χ4v) is 12.3. The van der Waals surface area contributed by atoms with Crippen LogP contribution in [0.25, 0.3) is 44.1 Å². The van der Waals surface area contributed by atoms with Crippen LogP contribution in [0.2, 0.25) is 0 Å². The van der Waals surface area contributed by atoms with E-state index < -0.39 is 58.4 Å². The third kappa shape index (κ3) is 18.9. The number of pyridine rings is 4. The van der Waals surface area contributed by atoms with Gasteiger partial charge in [0, 0.05) is 70.2 Å². The van der Waals surface area contributed by atoms with Crippen LogP contribution in [-0.2, 0) is 42.6 Å². The van der Waals surface area contributed by atoms with Crippen LogP contribution in [-0.4, -0.2) is 118 Å². The summed E-state index contributed by atoms with van der Waals surface area (Å²) in [5, 5.41) is 31.4. The summed E-state index contributed by atoms with van der Waals surface area (Å²) in [5.74, 6) is -2.43. The smallest absolute Gasteiger partial charge is 0.343 e. The van der Waals surface area contributed by atoms with E-state index in [4.69, 9.17) is 39.8 Å². The number of esters is 1. The molecule has 0 bridgehead atoms. The number of aryl methyl sites for hydroxylation is 4. The maximum absolute atomic E-state index is 14.4. The molecule has 0 atom stereocenters. The van der Waals surface area contributed by atoms with Gasteiger partial charge in [-0.05, 0) is 214 Å². The predicted octanol–water partition coefficient (Wildman–Crippen LogP) is 13.8. The molecule has 0 aliphatic carbocycles. The highest BCUT2D eigenvalue weighted by molar-refractivity contribution is 14.1. The molecule has 0 saturated heterocycles. The molecule has 12 aromatic rings. The van der Waals surface area contributed by atoms with Crippen LogP contribution in [0.5, 0.6) is 11.5 Å². The third-order valence-corrected chi connectivity index (χ3v) is 17.9. The molecule has 8 aromatic heterocycles. The van der Waals surface area contributed by atoms with Crippen LogP contribution < -0.4 is 47.4 Å². The number of anilines is 8. The zero-order valence-electron chi connectivity index (χ0n) is 57.1. The number of aliphatic hydroxyl groups excluding tert-OH is 2. The first-order valence-electron chi connectivity index (χ1n) is 31.1. The van der Waals surface area contributed by atoms with Crippen LogP contribution in [0, 0.1) is 43.4 Å². The number of hydrogen-bond acceptors (Lipinski definition) is 19. The van der Waals surface area contributed by atoms with Gasteiger partial charge in [0.1, 0.15) is 97.6 Å².